The molecule has 0 spiro atoms. The maximum absolute atomic E-state index is 5.50. The summed E-state index contributed by atoms with van der Waals surface area (Å²) in [6.45, 7) is 3.28. The van der Waals surface area contributed by atoms with Crippen LogP contribution < -0.4 is 11.1 Å². The van der Waals surface area contributed by atoms with E-state index in [0.717, 1.165) is 42.9 Å². The summed E-state index contributed by atoms with van der Waals surface area (Å²) in [5.74, 6) is 0.757. The number of anilines is 1. The molecule has 0 aliphatic heterocycles. The molecule has 0 radical (unpaired) electrons. The van der Waals surface area contributed by atoms with Crippen molar-refractivity contribution in [3.63, 3.8) is 0 Å². The van der Waals surface area contributed by atoms with Gasteiger partial charge in [0.2, 0.25) is 0 Å². The first-order valence-corrected chi connectivity index (χ1v) is 6.97. The van der Waals surface area contributed by atoms with Crippen molar-refractivity contribution in [1.82, 2.24) is 24.4 Å². The number of aromatic nitrogens is 4. The summed E-state index contributed by atoms with van der Waals surface area (Å²) < 4.78 is 2.08. The van der Waals surface area contributed by atoms with Crippen LogP contribution in [0.2, 0.25) is 0 Å². The van der Waals surface area contributed by atoms with Crippen molar-refractivity contribution in [2.24, 2.45) is 5.73 Å². The SMILES string of the molecule is CN(C)CCCCn1cnc2c(NCCN)ncnc21. The highest BCUT2D eigenvalue weighted by molar-refractivity contribution is 5.82. The molecule has 7 nitrogen and oxygen atoms in total. The maximum Gasteiger partial charge on any atom is 0.165 e. The Hall–Kier alpha value is -1.73. The van der Waals surface area contributed by atoms with Gasteiger partial charge in [-0.05, 0) is 33.5 Å². The molecule has 0 aliphatic rings. The van der Waals surface area contributed by atoms with Crippen molar-refractivity contribution in [2.75, 3.05) is 39.0 Å². The molecule has 0 aromatic carbocycles. The molecule has 2 aromatic rings. The lowest BCUT2D eigenvalue weighted by atomic mass is 10.3. The lowest BCUT2D eigenvalue weighted by Gasteiger charge is -2.09. The van der Waals surface area contributed by atoms with E-state index in [2.05, 4.69) is 43.8 Å². The summed E-state index contributed by atoms with van der Waals surface area (Å²) >= 11 is 0. The Morgan fingerprint density at radius 3 is 2.85 bits per heavy atom. The topological polar surface area (TPSA) is 84.9 Å². The number of nitrogens with zero attached hydrogens (tertiary/aromatic N) is 5. The summed E-state index contributed by atoms with van der Waals surface area (Å²) in [7, 11) is 4.18. The lowest BCUT2D eigenvalue weighted by molar-refractivity contribution is 0.388. The molecule has 0 atom stereocenters. The van der Waals surface area contributed by atoms with Crippen LogP contribution in [-0.4, -0.2) is 58.1 Å². The molecular weight excluding hydrogens is 254 g/mol. The molecule has 20 heavy (non-hydrogen) atoms. The van der Waals surface area contributed by atoms with Crippen LogP contribution in [0.4, 0.5) is 5.82 Å². The molecule has 2 rings (SSSR count). The van der Waals surface area contributed by atoms with Crippen molar-refractivity contribution < 1.29 is 0 Å². The molecule has 2 heterocycles. The van der Waals surface area contributed by atoms with E-state index in [-0.39, 0.29) is 0 Å². The van der Waals surface area contributed by atoms with Crippen molar-refractivity contribution in [3.05, 3.63) is 12.7 Å². The number of fused-ring (bicyclic) bond motifs is 1. The van der Waals surface area contributed by atoms with E-state index in [0.29, 0.717) is 13.1 Å². The quantitative estimate of drug-likeness (QED) is 0.685. The van der Waals surface area contributed by atoms with E-state index < -0.39 is 0 Å². The lowest BCUT2D eigenvalue weighted by Crippen LogP contribution is -2.14. The molecule has 0 amide bonds. The number of rotatable bonds is 8. The largest absolute Gasteiger partial charge is 0.367 e. The van der Waals surface area contributed by atoms with Gasteiger partial charge >= 0.3 is 0 Å². The Morgan fingerprint density at radius 2 is 2.10 bits per heavy atom. The normalized spacial score (nSPS) is 11.4. The van der Waals surface area contributed by atoms with Crippen molar-refractivity contribution in [1.29, 1.82) is 0 Å². The molecular formula is C13H23N7. The summed E-state index contributed by atoms with van der Waals surface area (Å²) in [5.41, 5.74) is 7.19. The van der Waals surface area contributed by atoms with Gasteiger partial charge in [-0.3, -0.25) is 0 Å². The molecule has 110 valence electrons. The summed E-state index contributed by atoms with van der Waals surface area (Å²) in [6, 6.07) is 0. The minimum atomic E-state index is 0.566. The fourth-order valence-electron chi connectivity index (χ4n) is 2.07. The van der Waals surface area contributed by atoms with Crippen molar-refractivity contribution in [3.8, 4) is 0 Å². The summed E-state index contributed by atoms with van der Waals surface area (Å²) in [4.78, 5) is 15.2. The molecule has 0 aliphatic carbocycles. The third-order valence-electron chi connectivity index (χ3n) is 3.09. The third-order valence-corrected chi connectivity index (χ3v) is 3.09. The smallest absolute Gasteiger partial charge is 0.165 e. The van der Waals surface area contributed by atoms with Crippen LogP contribution in [-0.2, 0) is 6.54 Å². The van der Waals surface area contributed by atoms with Gasteiger partial charge < -0.3 is 20.5 Å². The highest BCUT2D eigenvalue weighted by Crippen LogP contribution is 2.17. The summed E-state index contributed by atoms with van der Waals surface area (Å²) in [6.07, 6.45) is 5.68. The van der Waals surface area contributed by atoms with Crippen LogP contribution in [0, 0.1) is 0 Å². The number of nitrogens with two attached hydrogens (primary N) is 1. The second-order valence-corrected chi connectivity index (χ2v) is 5.06. The van der Waals surface area contributed by atoms with Gasteiger partial charge in [-0.25, -0.2) is 15.0 Å². The molecule has 7 heteroatoms. The van der Waals surface area contributed by atoms with E-state index in [4.69, 9.17) is 5.73 Å². The van der Waals surface area contributed by atoms with Gasteiger partial charge in [0.1, 0.15) is 11.8 Å². The van der Waals surface area contributed by atoms with E-state index in [1.807, 2.05) is 6.33 Å². The molecule has 2 aromatic heterocycles. The fraction of sp³-hybridized carbons (Fsp3) is 0.615. The van der Waals surface area contributed by atoms with Gasteiger partial charge in [0.25, 0.3) is 0 Å². The van der Waals surface area contributed by atoms with Crippen LogP contribution in [0.3, 0.4) is 0 Å². The maximum atomic E-state index is 5.50. The average molecular weight is 277 g/mol. The Labute approximate surface area is 119 Å². The molecule has 0 bridgehead atoms. The van der Waals surface area contributed by atoms with Crippen LogP contribution in [0.25, 0.3) is 11.2 Å². The number of nitrogens with one attached hydrogen (secondary N) is 1. The molecule has 0 saturated carbocycles. The van der Waals surface area contributed by atoms with Crippen LogP contribution in [0.1, 0.15) is 12.8 Å². The van der Waals surface area contributed by atoms with Crippen molar-refractivity contribution in [2.45, 2.75) is 19.4 Å². The average Bonchev–Trinajstić information content (AvgIpc) is 2.85. The number of hydrogen-bond donors (Lipinski definition) is 2. The third kappa shape index (κ3) is 3.64. The Balaban J connectivity index is 2.04. The van der Waals surface area contributed by atoms with Crippen molar-refractivity contribution >= 4 is 17.0 Å². The number of aryl methyl sites for hydroxylation is 1. The first kappa shape index (κ1) is 14.7. The molecule has 0 fully saturated rings. The van der Waals surface area contributed by atoms with E-state index >= 15 is 0 Å². The monoisotopic (exact) mass is 277 g/mol. The zero-order valence-electron chi connectivity index (χ0n) is 12.2. The predicted octanol–water partition coefficient (Wildman–Crippen LogP) is 0.539. The van der Waals surface area contributed by atoms with Crippen LogP contribution in [0.5, 0.6) is 0 Å². The first-order valence-electron chi connectivity index (χ1n) is 6.97. The summed E-state index contributed by atoms with van der Waals surface area (Å²) in [5, 5.41) is 3.17. The van der Waals surface area contributed by atoms with Crippen LogP contribution in [0.15, 0.2) is 12.7 Å². The molecule has 0 saturated heterocycles. The zero-order valence-corrected chi connectivity index (χ0v) is 12.2. The van der Waals surface area contributed by atoms with Crippen LogP contribution >= 0.6 is 0 Å². The highest BCUT2D eigenvalue weighted by atomic mass is 15.1. The number of unbranched alkanes of at least 4 members (excludes halogenated alkanes) is 1. The minimum absolute atomic E-state index is 0.566. The number of hydrogen-bond acceptors (Lipinski definition) is 6. The van der Waals surface area contributed by atoms with Gasteiger partial charge in [-0.1, -0.05) is 0 Å². The second-order valence-electron chi connectivity index (χ2n) is 5.06. The Bertz CT molecular complexity index is 534. The minimum Gasteiger partial charge on any atom is -0.367 e. The van der Waals surface area contributed by atoms with Gasteiger partial charge in [0, 0.05) is 19.6 Å². The fourth-order valence-corrected chi connectivity index (χ4v) is 2.07. The highest BCUT2D eigenvalue weighted by Gasteiger charge is 2.09. The van der Waals surface area contributed by atoms with Gasteiger partial charge in [-0.2, -0.15) is 0 Å². The Morgan fingerprint density at radius 1 is 1.25 bits per heavy atom. The predicted molar refractivity (Wildman–Crippen MR) is 80.7 cm³/mol. The zero-order chi connectivity index (χ0) is 14.4. The standard InChI is InChI=1S/C13H23N7/c1-19(2)7-3-4-8-20-10-18-11-12(15-6-5-14)16-9-17-13(11)20/h9-10H,3-8,14H2,1-2H3,(H,15,16,17). The van der Waals surface area contributed by atoms with Gasteiger partial charge in [0.05, 0.1) is 6.33 Å². The molecule has 0 unspecified atom stereocenters. The first-order chi connectivity index (χ1) is 9.72. The molecule has 3 N–H and O–H groups in total. The van der Waals surface area contributed by atoms with E-state index in [1.54, 1.807) is 6.33 Å². The van der Waals surface area contributed by atoms with Gasteiger partial charge in [0.15, 0.2) is 11.5 Å². The van der Waals surface area contributed by atoms with E-state index in [9.17, 15) is 0 Å². The second kappa shape index (κ2) is 7.16. The van der Waals surface area contributed by atoms with E-state index in [1.165, 1.54) is 0 Å². The Kier molecular flexibility index (Phi) is 5.25. The van der Waals surface area contributed by atoms with Gasteiger partial charge in [-0.15, -0.1) is 0 Å². The number of imidazole rings is 1.